The van der Waals surface area contributed by atoms with Gasteiger partial charge < -0.3 is 4.74 Å². The molecule has 3 nitrogen and oxygen atoms in total. The molecule has 2 aromatic rings. The van der Waals surface area contributed by atoms with Gasteiger partial charge in [0.2, 0.25) is 0 Å². The van der Waals surface area contributed by atoms with Crippen molar-refractivity contribution in [3.05, 3.63) is 63.4 Å². The summed E-state index contributed by atoms with van der Waals surface area (Å²) in [4.78, 5) is 0. The number of nitrogens with two attached hydrogens (primary N) is 1. The van der Waals surface area contributed by atoms with Gasteiger partial charge in [0.15, 0.2) is 0 Å². The molecule has 0 radical (unpaired) electrons. The molecule has 2 aromatic carbocycles. The molecule has 1 atom stereocenters. The van der Waals surface area contributed by atoms with Crippen LogP contribution in [0.3, 0.4) is 0 Å². The molecule has 0 heterocycles. The van der Waals surface area contributed by atoms with Crippen LogP contribution in [0.15, 0.2) is 40.9 Å². The minimum absolute atomic E-state index is 0.159. The van der Waals surface area contributed by atoms with Crippen LogP contribution in [-0.2, 0) is 6.42 Å². The Balaban J connectivity index is 2.33. The number of halogens is 2. The smallest absolute Gasteiger partial charge is 0.124 e. The third-order valence-electron chi connectivity index (χ3n) is 3.32. The standard InChI is InChI=1S/C16H18BrFN2O/c1-10-3-4-16(21-2)14(5-10)15(20-19)8-11-6-12(17)9-13(18)7-11/h3-7,9,15,20H,8,19H2,1-2H3. The van der Waals surface area contributed by atoms with E-state index < -0.39 is 0 Å². The fraction of sp³-hybridized carbons (Fsp3) is 0.250. The van der Waals surface area contributed by atoms with Crippen molar-refractivity contribution in [2.24, 2.45) is 5.84 Å². The summed E-state index contributed by atoms with van der Waals surface area (Å²) in [7, 11) is 1.63. The van der Waals surface area contributed by atoms with Gasteiger partial charge in [0.05, 0.1) is 13.2 Å². The van der Waals surface area contributed by atoms with Gasteiger partial charge in [-0.3, -0.25) is 11.3 Å². The lowest BCUT2D eigenvalue weighted by Crippen LogP contribution is -2.30. The van der Waals surface area contributed by atoms with Crippen molar-refractivity contribution >= 4 is 15.9 Å². The predicted octanol–water partition coefficient (Wildman–Crippen LogP) is 3.65. The molecule has 0 fully saturated rings. The predicted molar refractivity (Wildman–Crippen MR) is 85.6 cm³/mol. The van der Waals surface area contributed by atoms with E-state index in [1.165, 1.54) is 12.1 Å². The molecule has 2 rings (SSSR count). The monoisotopic (exact) mass is 352 g/mol. The van der Waals surface area contributed by atoms with E-state index in [0.717, 1.165) is 22.4 Å². The van der Waals surface area contributed by atoms with Gasteiger partial charge in [0.1, 0.15) is 11.6 Å². The Labute approximate surface area is 132 Å². The molecule has 0 aliphatic heterocycles. The van der Waals surface area contributed by atoms with Gasteiger partial charge in [-0.15, -0.1) is 0 Å². The average Bonchev–Trinajstić information content (AvgIpc) is 2.43. The van der Waals surface area contributed by atoms with Crippen LogP contribution in [0.1, 0.15) is 22.7 Å². The first kappa shape index (κ1) is 15.9. The molecule has 0 aliphatic carbocycles. The lowest BCUT2D eigenvalue weighted by Gasteiger charge is -2.20. The van der Waals surface area contributed by atoms with E-state index in [9.17, 15) is 4.39 Å². The molecule has 5 heteroatoms. The summed E-state index contributed by atoms with van der Waals surface area (Å²) in [6.45, 7) is 2.01. The fourth-order valence-electron chi connectivity index (χ4n) is 2.35. The van der Waals surface area contributed by atoms with Crippen molar-refractivity contribution in [2.75, 3.05) is 7.11 Å². The maximum atomic E-state index is 13.5. The highest BCUT2D eigenvalue weighted by Gasteiger charge is 2.16. The maximum absolute atomic E-state index is 13.5. The number of rotatable bonds is 5. The molecule has 21 heavy (non-hydrogen) atoms. The van der Waals surface area contributed by atoms with Crippen LogP contribution in [0.25, 0.3) is 0 Å². The van der Waals surface area contributed by atoms with Crippen molar-refractivity contribution in [3.8, 4) is 5.75 Å². The molecular formula is C16H18BrFN2O. The Hall–Kier alpha value is -1.43. The summed E-state index contributed by atoms with van der Waals surface area (Å²) in [5.74, 6) is 6.18. The van der Waals surface area contributed by atoms with Crippen LogP contribution in [0.5, 0.6) is 5.75 Å². The molecule has 112 valence electrons. The Morgan fingerprint density at radius 2 is 2.05 bits per heavy atom. The summed E-state index contributed by atoms with van der Waals surface area (Å²) in [6.07, 6.45) is 0.562. The molecule has 0 spiro atoms. The summed E-state index contributed by atoms with van der Waals surface area (Å²) >= 11 is 3.30. The lowest BCUT2D eigenvalue weighted by molar-refractivity contribution is 0.399. The number of hydrogen-bond donors (Lipinski definition) is 2. The van der Waals surface area contributed by atoms with Gasteiger partial charge in [-0.2, -0.15) is 0 Å². The summed E-state index contributed by atoms with van der Waals surface area (Å²) < 4.78 is 19.6. The molecular weight excluding hydrogens is 335 g/mol. The molecule has 0 saturated heterocycles. The van der Waals surface area contributed by atoms with Crippen LogP contribution in [-0.4, -0.2) is 7.11 Å². The summed E-state index contributed by atoms with van der Waals surface area (Å²) in [5, 5.41) is 0. The fourth-order valence-corrected chi connectivity index (χ4v) is 2.86. The second-order valence-electron chi connectivity index (χ2n) is 4.95. The number of ether oxygens (including phenoxy) is 1. The second kappa shape index (κ2) is 7.02. The molecule has 3 N–H and O–H groups in total. The Morgan fingerprint density at radius 1 is 1.29 bits per heavy atom. The third kappa shape index (κ3) is 4.03. The molecule has 0 amide bonds. The number of benzene rings is 2. The zero-order chi connectivity index (χ0) is 15.4. The van der Waals surface area contributed by atoms with Gasteiger partial charge in [-0.25, -0.2) is 4.39 Å². The first-order valence-electron chi connectivity index (χ1n) is 6.59. The minimum Gasteiger partial charge on any atom is -0.496 e. The van der Waals surface area contributed by atoms with E-state index in [2.05, 4.69) is 21.4 Å². The number of hydrazine groups is 1. The van der Waals surface area contributed by atoms with Crippen LogP contribution >= 0.6 is 15.9 Å². The minimum atomic E-state index is -0.272. The van der Waals surface area contributed by atoms with Crippen LogP contribution in [0, 0.1) is 12.7 Å². The third-order valence-corrected chi connectivity index (χ3v) is 3.78. The van der Waals surface area contributed by atoms with Crippen LogP contribution in [0.2, 0.25) is 0 Å². The Kier molecular flexibility index (Phi) is 5.33. The van der Waals surface area contributed by atoms with Crippen molar-refractivity contribution in [2.45, 2.75) is 19.4 Å². The molecule has 0 aromatic heterocycles. The number of hydrogen-bond acceptors (Lipinski definition) is 3. The molecule has 1 unspecified atom stereocenters. The number of nitrogens with one attached hydrogen (secondary N) is 1. The normalized spacial score (nSPS) is 12.2. The maximum Gasteiger partial charge on any atom is 0.124 e. The van der Waals surface area contributed by atoms with Crippen molar-refractivity contribution in [1.82, 2.24) is 5.43 Å². The van der Waals surface area contributed by atoms with E-state index in [4.69, 9.17) is 10.6 Å². The van der Waals surface area contributed by atoms with E-state index in [0.29, 0.717) is 10.9 Å². The van der Waals surface area contributed by atoms with Crippen molar-refractivity contribution in [3.63, 3.8) is 0 Å². The average molecular weight is 353 g/mol. The van der Waals surface area contributed by atoms with Crippen molar-refractivity contribution < 1.29 is 9.13 Å². The lowest BCUT2D eigenvalue weighted by atomic mass is 9.97. The van der Waals surface area contributed by atoms with Crippen molar-refractivity contribution in [1.29, 1.82) is 0 Å². The Bertz CT molecular complexity index is 613. The summed E-state index contributed by atoms with van der Waals surface area (Å²) in [5.41, 5.74) is 5.72. The van der Waals surface area contributed by atoms with Gasteiger partial charge in [0, 0.05) is 10.0 Å². The van der Waals surface area contributed by atoms with Gasteiger partial charge >= 0.3 is 0 Å². The van der Waals surface area contributed by atoms with Gasteiger partial charge in [0.25, 0.3) is 0 Å². The van der Waals surface area contributed by atoms with E-state index >= 15 is 0 Å². The first-order chi connectivity index (χ1) is 10.0. The number of aryl methyl sites for hydroxylation is 1. The highest BCUT2D eigenvalue weighted by molar-refractivity contribution is 9.10. The number of methoxy groups -OCH3 is 1. The van der Waals surface area contributed by atoms with Crippen LogP contribution < -0.4 is 16.0 Å². The van der Waals surface area contributed by atoms with Gasteiger partial charge in [-0.1, -0.05) is 33.6 Å². The van der Waals surface area contributed by atoms with Gasteiger partial charge in [-0.05, 0) is 43.2 Å². The molecule has 0 aliphatic rings. The SMILES string of the molecule is COc1ccc(C)cc1C(Cc1cc(F)cc(Br)c1)NN. The first-order valence-corrected chi connectivity index (χ1v) is 7.38. The quantitative estimate of drug-likeness (QED) is 0.637. The highest BCUT2D eigenvalue weighted by atomic mass is 79.9. The zero-order valence-corrected chi connectivity index (χ0v) is 13.6. The summed E-state index contributed by atoms with van der Waals surface area (Å²) in [6, 6.07) is 10.6. The van der Waals surface area contributed by atoms with Crippen LogP contribution in [0.4, 0.5) is 4.39 Å². The topological polar surface area (TPSA) is 47.3 Å². The zero-order valence-electron chi connectivity index (χ0n) is 12.0. The van der Waals surface area contributed by atoms with E-state index in [-0.39, 0.29) is 11.9 Å². The molecule has 0 saturated carbocycles. The Morgan fingerprint density at radius 3 is 2.67 bits per heavy atom. The van der Waals surface area contributed by atoms with E-state index in [1.54, 1.807) is 7.11 Å². The highest BCUT2D eigenvalue weighted by Crippen LogP contribution is 2.29. The molecule has 0 bridgehead atoms. The largest absolute Gasteiger partial charge is 0.496 e. The van der Waals surface area contributed by atoms with E-state index in [1.807, 2.05) is 31.2 Å². The second-order valence-corrected chi connectivity index (χ2v) is 5.86.